The molecule has 0 bridgehead atoms. The van der Waals surface area contributed by atoms with Gasteiger partial charge in [-0.1, -0.05) is 47.1 Å². The van der Waals surface area contributed by atoms with Crippen molar-refractivity contribution in [2.24, 2.45) is 0 Å². The van der Waals surface area contributed by atoms with Crippen molar-refractivity contribution >= 4 is 51.0 Å². The van der Waals surface area contributed by atoms with Gasteiger partial charge in [0.15, 0.2) is 5.16 Å². The van der Waals surface area contributed by atoms with Gasteiger partial charge < -0.3 is 4.90 Å². The van der Waals surface area contributed by atoms with Crippen molar-refractivity contribution in [1.82, 2.24) is 19.2 Å². The summed E-state index contributed by atoms with van der Waals surface area (Å²) in [6.45, 7) is 2.08. The van der Waals surface area contributed by atoms with Gasteiger partial charge in [0.1, 0.15) is 16.8 Å². The predicted octanol–water partition coefficient (Wildman–Crippen LogP) is 3.12. The van der Waals surface area contributed by atoms with Gasteiger partial charge in [-0.2, -0.15) is 12.7 Å². The van der Waals surface area contributed by atoms with Gasteiger partial charge in [-0.15, -0.1) is 0 Å². The molecule has 3 rings (SSSR count). The van der Waals surface area contributed by atoms with Gasteiger partial charge in [-0.05, 0) is 18.7 Å². The monoisotopic (exact) mass is 465 g/mol. The number of likely N-dealkylation sites (N-methyl/N-ethyl adjacent to an activating group) is 1. The quantitative estimate of drug-likeness (QED) is 0.401. The number of hydrogen-bond acceptors (Lipinski definition) is 6. The van der Waals surface area contributed by atoms with Crippen LogP contribution < -0.4 is 4.72 Å². The second-order valence-corrected chi connectivity index (χ2v) is 9.58. The fraction of sp³-hybridized carbons (Fsp3) is 0.375. The van der Waals surface area contributed by atoms with E-state index in [0.29, 0.717) is 31.7 Å². The summed E-state index contributed by atoms with van der Waals surface area (Å²) in [6.07, 6.45) is 0. The maximum atomic E-state index is 14.0. The van der Waals surface area contributed by atoms with Crippen molar-refractivity contribution < 1.29 is 12.8 Å². The number of piperazine rings is 1. The molecular weight excluding hydrogens is 448 g/mol. The summed E-state index contributed by atoms with van der Waals surface area (Å²) >= 11 is 12.9. The first-order valence-corrected chi connectivity index (χ1v) is 11.5. The molecule has 28 heavy (non-hydrogen) atoms. The van der Waals surface area contributed by atoms with Gasteiger partial charge >= 0.3 is 10.2 Å². The Kier molecular flexibility index (Phi) is 7.00. The SMILES string of the molecule is CN1CCN(S(=O)(=O)Nc2cc(Cl)nc(SCc3cccc(Cl)c3F)n2)CC1. The van der Waals surface area contributed by atoms with E-state index in [1.807, 2.05) is 7.05 Å². The Morgan fingerprint density at radius 2 is 1.93 bits per heavy atom. The number of nitrogens with zero attached hydrogens (tertiary/aromatic N) is 4. The third kappa shape index (κ3) is 5.46. The molecule has 0 radical (unpaired) electrons. The van der Waals surface area contributed by atoms with Crippen LogP contribution in [0.15, 0.2) is 29.4 Å². The molecule has 0 unspecified atom stereocenters. The van der Waals surface area contributed by atoms with Gasteiger partial charge in [0.2, 0.25) is 0 Å². The van der Waals surface area contributed by atoms with Gasteiger partial charge in [-0.25, -0.2) is 14.4 Å². The lowest BCUT2D eigenvalue weighted by molar-refractivity contribution is 0.223. The van der Waals surface area contributed by atoms with Crippen molar-refractivity contribution in [2.45, 2.75) is 10.9 Å². The Bertz CT molecular complexity index is 956. The molecule has 1 saturated heterocycles. The van der Waals surface area contributed by atoms with E-state index in [9.17, 15) is 12.8 Å². The molecule has 1 N–H and O–H groups in total. The molecule has 1 aromatic heterocycles. The number of thioether (sulfide) groups is 1. The fourth-order valence-corrected chi connectivity index (χ4v) is 4.94. The van der Waals surface area contributed by atoms with E-state index in [1.54, 1.807) is 12.1 Å². The minimum Gasteiger partial charge on any atom is -0.304 e. The molecule has 0 atom stereocenters. The van der Waals surface area contributed by atoms with Crippen LogP contribution in [-0.2, 0) is 16.0 Å². The van der Waals surface area contributed by atoms with Crippen LogP contribution in [0.5, 0.6) is 0 Å². The first-order chi connectivity index (χ1) is 13.2. The van der Waals surface area contributed by atoms with Gasteiger partial charge in [0, 0.05) is 38.0 Å². The minimum atomic E-state index is -3.75. The average Bonchev–Trinajstić information content (AvgIpc) is 2.62. The van der Waals surface area contributed by atoms with Crippen molar-refractivity contribution in [2.75, 3.05) is 37.9 Å². The third-order valence-electron chi connectivity index (χ3n) is 4.10. The summed E-state index contributed by atoms with van der Waals surface area (Å²) in [5.74, 6) is -0.222. The van der Waals surface area contributed by atoms with Crippen molar-refractivity contribution in [3.8, 4) is 0 Å². The Balaban J connectivity index is 1.71. The van der Waals surface area contributed by atoms with Crippen LogP contribution in [0.25, 0.3) is 0 Å². The summed E-state index contributed by atoms with van der Waals surface area (Å²) in [5, 5.41) is 0.342. The van der Waals surface area contributed by atoms with Crippen LogP contribution >= 0.6 is 35.0 Å². The summed E-state index contributed by atoms with van der Waals surface area (Å²) in [7, 11) is -1.81. The zero-order chi connectivity index (χ0) is 20.3. The Morgan fingerprint density at radius 1 is 1.21 bits per heavy atom. The number of hydrogen-bond donors (Lipinski definition) is 1. The number of anilines is 1. The van der Waals surface area contributed by atoms with Gasteiger partial charge in [0.25, 0.3) is 0 Å². The fourth-order valence-electron chi connectivity index (χ4n) is 2.54. The number of benzene rings is 1. The maximum Gasteiger partial charge on any atom is 0.302 e. The maximum absolute atomic E-state index is 14.0. The first kappa shape index (κ1) is 21.5. The van der Waals surface area contributed by atoms with E-state index in [4.69, 9.17) is 23.2 Å². The number of halogens is 3. The molecule has 0 spiro atoms. The lowest BCUT2D eigenvalue weighted by Crippen LogP contribution is -2.48. The molecule has 0 aliphatic carbocycles. The topological polar surface area (TPSA) is 78.4 Å². The van der Waals surface area contributed by atoms with Gasteiger partial charge in [0.05, 0.1) is 5.02 Å². The highest BCUT2D eigenvalue weighted by Gasteiger charge is 2.26. The van der Waals surface area contributed by atoms with E-state index in [-0.39, 0.29) is 26.9 Å². The predicted molar refractivity (Wildman–Crippen MR) is 110 cm³/mol. The largest absolute Gasteiger partial charge is 0.304 e. The molecule has 1 aliphatic rings. The second-order valence-electron chi connectivity index (χ2n) is 6.17. The van der Waals surface area contributed by atoms with Crippen LogP contribution in [0.3, 0.4) is 0 Å². The van der Waals surface area contributed by atoms with Crippen LogP contribution in [0.4, 0.5) is 10.2 Å². The van der Waals surface area contributed by atoms with E-state index in [1.165, 1.54) is 16.4 Å². The van der Waals surface area contributed by atoms with E-state index >= 15 is 0 Å². The Morgan fingerprint density at radius 3 is 2.64 bits per heavy atom. The van der Waals surface area contributed by atoms with Gasteiger partial charge in [-0.3, -0.25) is 4.72 Å². The van der Waals surface area contributed by atoms with E-state index < -0.39 is 16.0 Å². The van der Waals surface area contributed by atoms with Crippen LogP contribution in [0.1, 0.15) is 5.56 Å². The minimum absolute atomic E-state index is 0.0331. The number of rotatable bonds is 6. The van der Waals surface area contributed by atoms with Crippen molar-refractivity contribution in [3.05, 3.63) is 45.8 Å². The third-order valence-corrected chi connectivity index (χ3v) is 6.99. The number of aromatic nitrogens is 2. The second kappa shape index (κ2) is 9.10. The van der Waals surface area contributed by atoms with Crippen LogP contribution in [0, 0.1) is 5.82 Å². The summed E-state index contributed by atoms with van der Waals surface area (Å²) in [6, 6.07) is 6.05. The molecule has 1 fully saturated rings. The highest BCUT2D eigenvalue weighted by molar-refractivity contribution is 7.98. The van der Waals surface area contributed by atoms with Crippen molar-refractivity contribution in [1.29, 1.82) is 0 Å². The smallest absolute Gasteiger partial charge is 0.302 e. The first-order valence-electron chi connectivity index (χ1n) is 8.31. The van der Waals surface area contributed by atoms with Crippen LogP contribution in [0.2, 0.25) is 10.2 Å². The average molecular weight is 466 g/mol. The Labute approximate surface area is 177 Å². The molecule has 7 nitrogen and oxygen atoms in total. The molecule has 0 saturated carbocycles. The molecule has 1 aromatic carbocycles. The zero-order valence-electron chi connectivity index (χ0n) is 14.9. The van der Waals surface area contributed by atoms with Crippen molar-refractivity contribution in [3.63, 3.8) is 0 Å². The molecular formula is C16H18Cl2FN5O2S2. The summed E-state index contributed by atoms with van der Waals surface area (Å²) < 4.78 is 42.9. The highest BCUT2D eigenvalue weighted by atomic mass is 35.5. The zero-order valence-corrected chi connectivity index (χ0v) is 18.0. The lowest BCUT2D eigenvalue weighted by atomic mass is 10.2. The molecule has 12 heteroatoms. The molecule has 1 aliphatic heterocycles. The van der Waals surface area contributed by atoms with E-state index in [2.05, 4.69) is 19.6 Å². The molecule has 2 heterocycles. The molecule has 2 aromatic rings. The molecule has 152 valence electrons. The normalized spacial score (nSPS) is 16.3. The Hall–Kier alpha value is -1.17. The summed E-state index contributed by atoms with van der Waals surface area (Å²) in [4.78, 5) is 10.3. The van der Waals surface area contributed by atoms with E-state index in [0.717, 1.165) is 11.8 Å². The number of nitrogens with one attached hydrogen (secondary N) is 1. The summed E-state index contributed by atoms with van der Waals surface area (Å²) in [5.41, 5.74) is 0.389. The standard InChI is InChI=1S/C16H18Cl2FN5O2S2/c1-23-5-7-24(8-6-23)28(25,26)22-14-9-13(18)20-16(21-14)27-10-11-3-2-4-12(17)15(11)19/h2-4,9H,5-8,10H2,1H3,(H,20,21,22). The highest BCUT2D eigenvalue weighted by Crippen LogP contribution is 2.27. The van der Waals surface area contributed by atoms with Crippen LogP contribution in [-0.4, -0.2) is 60.8 Å². The molecule has 0 amide bonds. The lowest BCUT2D eigenvalue weighted by Gasteiger charge is -2.31.